The van der Waals surface area contributed by atoms with Gasteiger partial charge in [-0.05, 0) is 42.5 Å². The van der Waals surface area contributed by atoms with Gasteiger partial charge in [-0.3, -0.25) is 0 Å². The third-order valence-electron chi connectivity index (χ3n) is 6.01. The van der Waals surface area contributed by atoms with Gasteiger partial charge in [0.15, 0.2) is 0 Å². The van der Waals surface area contributed by atoms with Crippen molar-refractivity contribution in [2.75, 3.05) is 0 Å². The summed E-state index contributed by atoms with van der Waals surface area (Å²) in [6.07, 6.45) is 7.13. The monoisotopic (exact) mass is 529 g/mol. The number of unbranched alkanes of at least 4 members (excludes halogenated alkanes) is 3. The maximum atomic E-state index is 11.5. The van der Waals surface area contributed by atoms with E-state index < -0.39 is 11.9 Å². The lowest BCUT2D eigenvalue weighted by atomic mass is 10.0. The van der Waals surface area contributed by atoms with Crippen LogP contribution in [0.5, 0.6) is 0 Å². The molecule has 0 radical (unpaired) electrons. The summed E-state index contributed by atoms with van der Waals surface area (Å²) in [6.45, 7) is 4.87. The molecule has 0 aliphatic carbocycles. The van der Waals surface area contributed by atoms with Crippen LogP contribution in [-0.4, -0.2) is 27.9 Å². The standard InChI is InChI=1S/C30H31N3O4S/c1-4-5-6-7-12-27(31-36-21(2)34)26-20-33(28-13-9-8-11-25(26)28)24-17-15-23(16-18-24)30(32-37-22(3)35)29-14-10-19-38-29/h8-11,13-20H,4-7,12H2,1-3H3/b31-27+,32-30-. The second-order valence-corrected chi connectivity index (χ2v) is 9.86. The Hall–Kier alpha value is -4.04. The summed E-state index contributed by atoms with van der Waals surface area (Å²) < 4.78 is 2.11. The first-order chi connectivity index (χ1) is 18.5. The van der Waals surface area contributed by atoms with Crippen molar-refractivity contribution in [3.05, 3.63) is 88.2 Å². The molecule has 38 heavy (non-hydrogen) atoms. The Balaban J connectivity index is 1.72. The number of benzene rings is 2. The van der Waals surface area contributed by atoms with E-state index in [0.29, 0.717) is 5.71 Å². The lowest BCUT2D eigenvalue weighted by molar-refractivity contribution is -0.141. The molecule has 0 aliphatic rings. The van der Waals surface area contributed by atoms with Crippen molar-refractivity contribution in [1.29, 1.82) is 0 Å². The van der Waals surface area contributed by atoms with Gasteiger partial charge in [-0.1, -0.05) is 72.9 Å². The molecule has 0 spiro atoms. The van der Waals surface area contributed by atoms with Gasteiger partial charge < -0.3 is 14.2 Å². The molecule has 4 aromatic rings. The largest absolute Gasteiger partial charge is 0.332 e. The third-order valence-corrected chi connectivity index (χ3v) is 6.89. The van der Waals surface area contributed by atoms with Crippen LogP contribution in [0.4, 0.5) is 0 Å². The van der Waals surface area contributed by atoms with Gasteiger partial charge >= 0.3 is 11.9 Å². The van der Waals surface area contributed by atoms with Gasteiger partial charge in [0.2, 0.25) is 0 Å². The van der Waals surface area contributed by atoms with E-state index in [0.717, 1.165) is 70.4 Å². The number of oxime groups is 2. The van der Waals surface area contributed by atoms with Crippen molar-refractivity contribution < 1.29 is 19.3 Å². The van der Waals surface area contributed by atoms with Gasteiger partial charge in [-0.2, -0.15) is 0 Å². The predicted molar refractivity (Wildman–Crippen MR) is 152 cm³/mol. The van der Waals surface area contributed by atoms with Gasteiger partial charge in [0.05, 0.1) is 16.1 Å². The number of carbonyl (C=O) groups is 2. The second kappa shape index (κ2) is 13.0. The SMILES string of the molecule is CCCCCC/C(=N\OC(C)=O)c1cn(-c2ccc(/C(=N/OC(C)=O)c3cccs3)cc2)c2ccccc12. The fraction of sp³-hybridized carbons (Fsp3) is 0.267. The molecule has 7 nitrogen and oxygen atoms in total. The average molecular weight is 530 g/mol. The minimum absolute atomic E-state index is 0.438. The summed E-state index contributed by atoms with van der Waals surface area (Å²) in [7, 11) is 0. The van der Waals surface area contributed by atoms with Crippen LogP contribution >= 0.6 is 11.3 Å². The molecule has 0 unspecified atom stereocenters. The van der Waals surface area contributed by atoms with Crippen LogP contribution in [0.15, 0.2) is 82.6 Å². The Morgan fingerprint density at radius 1 is 0.868 bits per heavy atom. The molecule has 0 N–H and O–H groups in total. The average Bonchev–Trinajstić information content (AvgIpc) is 3.58. The zero-order chi connectivity index (χ0) is 26.9. The van der Waals surface area contributed by atoms with E-state index in [4.69, 9.17) is 9.68 Å². The van der Waals surface area contributed by atoms with Crippen molar-refractivity contribution in [2.24, 2.45) is 10.3 Å². The Labute approximate surface area is 226 Å². The first kappa shape index (κ1) is 27.0. The first-order valence-electron chi connectivity index (χ1n) is 12.7. The number of carbonyl (C=O) groups excluding carboxylic acids is 2. The van der Waals surface area contributed by atoms with E-state index in [1.165, 1.54) is 25.2 Å². The summed E-state index contributed by atoms with van der Waals surface area (Å²) in [5.74, 6) is -0.907. The number of aromatic nitrogens is 1. The minimum Gasteiger partial charge on any atom is -0.318 e. The number of rotatable bonds is 11. The molecule has 8 heteroatoms. The summed E-state index contributed by atoms with van der Waals surface area (Å²) in [4.78, 5) is 33.9. The van der Waals surface area contributed by atoms with Crippen molar-refractivity contribution >= 4 is 45.6 Å². The van der Waals surface area contributed by atoms with Crippen LogP contribution < -0.4 is 0 Å². The van der Waals surface area contributed by atoms with Gasteiger partial charge in [0.25, 0.3) is 0 Å². The lowest BCUT2D eigenvalue weighted by Gasteiger charge is -2.08. The molecule has 0 saturated carbocycles. The highest BCUT2D eigenvalue weighted by Gasteiger charge is 2.16. The number of fused-ring (bicyclic) bond motifs is 1. The van der Waals surface area contributed by atoms with Gasteiger partial charge in [0, 0.05) is 42.2 Å². The summed E-state index contributed by atoms with van der Waals surface area (Å²) in [5.41, 5.74) is 5.11. The number of hydrogen-bond donors (Lipinski definition) is 0. The minimum atomic E-state index is -0.470. The quantitative estimate of drug-likeness (QED) is 0.0887. The van der Waals surface area contributed by atoms with Crippen LogP contribution in [0.1, 0.15) is 68.9 Å². The number of thiophene rings is 1. The van der Waals surface area contributed by atoms with Gasteiger partial charge in [-0.15, -0.1) is 11.3 Å². The molecule has 0 saturated heterocycles. The topological polar surface area (TPSA) is 82.2 Å². The van der Waals surface area contributed by atoms with Crippen LogP contribution in [0.3, 0.4) is 0 Å². The van der Waals surface area contributed by atoms with Crippen LogP contribution in [-0.2, 0) is 19.3 Å². The van der Waals surface area contributed by atoms with E-state index in [-0.39, 0.29) is 0 Å². The van der Waals surface area contributed by atoms with E-state index >= 15 is 0 Å². The molecule has 0 aliphatic heterocycles. The van der Waals surface area contributed by atoms with Crippen LogP contribution in [0, 0.1) is 0 Å². The van der Waals surface area contributed by atoms with E-state index in [2.05, 4.69) is 40.1 Å². The Bertz CT molecular complexity index is 1450. The molecular weight excluding hydrogens is 498 g/mol. The molecule has 2 aromatic heterocycles. The highest BCUT2D eigenvalue weighted by atomic mass is 32.1. The van der Waals surface area contributed by atoms with Crippen molar-refractivity contribution in [3.8, 4) is 5.69 Å². The molecule has 0 amide bonds. The maximum absolute atomic E-state index is 11.5. The number of para-hydroxylation sites is 1. The zero-order valence-electron chi connectivity index (χ0n) is 21.8. The molecule has 4 rings (SSSR count). The molecule has 0 fully saturated rings. The van der Waals surface area contributed by atoms with Gasteiger partial charge in [-0.25, -0.2) is 9.59 Å². The van der Waals surface area contributed by atoms with E-state index in [9.17, 15) is 9.59 Å². The van der Waals surface area contributed by atoms with Gasteiger partial charge in [0.1, 0.15) is 5.71 Å². The Morgan fingerprint density at radius 2 is 1.61 bits per heavy atom. The molecule has 0 atom stereocenters. The highest BCUT2D eigenvalue weighted by Crippen LogP contribution is 2.28. The van der Waals surface area contributed by atoms with Crippen molar-refractivity contribution in [1.82, 2.24) is 4.57 Å². The second-order valence-electron chi connectivity index (χ2n) is 8.91. The molecule has 2 heterocycles. The predicted octanol–water partition coefficient (Wildman–Crippen LogP) is 7.25. The molecule has 2 aromatic carbocycles. The zero-order valence-corrected chi connectivity index (χ0v) is 22.7. The highest BCUT2D eigenvalue weighted by molar-refractivity contribution is 7.12. The smallest absolute Gasteiger partial charge is 0.318 e. The summed E-state index contributed by atoms with van der Waals surface area (Å²) >= 11 is 1.53. The Morgan fingerprint density at radius 3 is 2.29 bits per heavy atom. The molecule has 0 bridgehead atoms. The normalized spacial score (nSPS) is 12.1. The number of hydrogen-bond acceptors (Lipinski definition) is 7. The van der Waals surface area contributed by atoms with Crippen LogP contribution in [0.2, 0.25) is 0 Å². The summed E-state index contributed by atoms with van der Waals surface area (Å²) in [5, 5.41) is 11.3. The maximum Gasteiger partial charge on any atom is 0.332 e. The first-order valence-corrected chi connectivity index (χ1v) is 13.6. The van der Waals surface area contributed by atoms with Crippen molar-refractivity contribution in [2.45, 2.75) is 52.9 Å². The third kappa shape index (κ3) is 6.63. The Kier molecular flexibility index (Phi) is 9.21. The molecular formula is C30H31N3O4S. The van der Waals surface area contributed by atoms with E-state index in [1.807, 2.05) is 53.9 Å². The lowest BCUT2D eigenvalue weighted by Crippen LogP contribution is -2.05. The molecule has 196 valence electrons. The van der Waals surface area contributed by atoms with Crippen LogP contribution in [0.25, 0.3) is 16.6 Å². The van der Waals surface area contributed by atoms with Crippen molar-refractivity contribution in [3.63, 3.8) is 0 Å². The summed E-state index contributed by atoms with van der Waals surface area (Å²) in [6, 6.07) is 19.9. The number of nitrogens with zero attached hydrogens (tertiary/aromatic N) is 3. The fourth-order valence-electron chi connectivity index (χ4n) is 4.23. The fourth-order valence-corrected chi connectivity index (χ4v) is 4.96. The van der Waals surface area contributed by atoms with E-state index in [1.54, 1.807) is 0 Å².